The van der Waals surface area contributed by atoms with Crippen molar-refractivity contribution in [3.8, 4) is 11.3 Å². The van der Waals surface area contributed by atoms with Gasteiger partial charge in [-0.2, -0.15) is 5.10 Å². The first-order chi connectivity index (χ1) is 14.0. The van der Waals surface area contributed by atoms with E-state index in [1.807, 2.05) is 43.0 Å². The second-order valence-electron chi connectivity index (χ2n) is 7.97. The molecule has 1 atom stereocenters. The molecule has 1 amide bonds. The molecule has 29 heavy (non-hydrogen) atoms. The highest BCUT2D eigenvalue weighted by atomic mass is 16.2. The van der Waals surface area contributed by atoms with E-state index in [1.54, 1.807) is 6.20 Å². The molecular formula is C21H23N7O. The van der Waals surface area contributed by atoms with Gasteiger partial charge in [0.25, 0.3) is 0 Å². The van der Waals surface area contributed by atoms with Crippen molar-refractivity contribution in [3.63, 3.8) is 0 Å². The van der Waals surface area contributed by atoms with Gasteiger partial charge in [-0.3, -0.25) is 9.89 Å². The molecule has 0 unspecified atom stereocenters. The van der Waals surface area contributed by atoms with E-state index in [0.717, 1.165) is 52.0 Å². The Morgan fingerprint density at radius 3 is 2.90 bits per heavy atom. The molecule has 1 saturated heterocycles. The number of nitrogens with one attached hydrogen (secondary N) is 2. The number of rotatable bonds is 3. The topological polar surface area (TPSA) is 117 Å². The number of aromatic amines is 2. The lowest BCUT2D eigenvalue weighted by molar-refractivity contribution is -0.133. The third-order valence-electron chi connectivity index (χ3n) is 5.66. The number of anilines is 1. The Hall–Kier alpha value is -3.42. The number of nitrogens with two attached hydrogens (primary N) is 1. The number of nitrogen functional groups attached to an aromatic ring is 1. The summed E-state index contributed by atoms with van der Waals surface area (Å²) in [6, 6.07) is 7.96. The highest BCUT2D eigenvalue weighted by Crippen LogP contribution is 2.33. The normalized spacial score (nSPS) is 17.1. The molecule has 0 saturated carbocycles. The number of carbonyl (C=O) groups excluding carboxylic acids is 1. The van der Waals surface area contributed by atoms with Crippen molar-refractivity contribution in [3.05, 3.63) is 36.3 Å². The number of hydrogen-bond acceptors (Lipinski definition) is 5. The van der Waals surface area contributed by atoms with Gasteiger partial charge in [-0.05, 0) is 24.6 Å². The minimum absolute atomic E-state index is 0.0114. The van der Waals surface area contributed by atoms with Gasteiger partial charge in [0.15, 0.2) is 0 Å². The molecule has 3 aromatic heterocycles. The summed E-state index contributed by atoms with van der Waals surface area (Å²) in [5.41, 5.74) is 10.6. The van der Waals surface area contributed by atoms with E-state index in [-0.39, 0.29) is 17.7 Å². The molecule has 4 heterocycles. The van der Waals surface area contributed by atoms with Crippen LogP contribution in [0, 0.1) is 5.92 Å². The summed E-state index contributed by atoms with van der Waals surface area (Å²) in [4.78, 5) is 27.1. The molecule has 1 aliphatic heterocycles. The zero-order chi connectivity index (χ0) is 20.1. The maximum absolute atomic E-state index is 12.3. The minimum atomic E-state index is 0.0114. The molecule has 0 radical (unpaired) electrons. The van der Waals surface area contributed by atoms with Gasteiger partial charge in [-0.15, -0.1) is 0 Å². The van der Waals surface area contributed by atoms with Crippen LogP contribution < -0.4 is 5.73 Å². The second kappa shape index (κ2) is 6.58. The van der Waals surface area contributed by atoms with Gasteiger partial charge in [-0.1, -0.05) is 19.9 Å². The van der Waals surface area contributed by atoms with E-state index in [4.69, 9.17) is 10.7 Å². The zero-order valence-electron chi connectivity index (χ0n) is 16.4. The lowest BCUT2D eigenvalue weighted by atomic mass is 10.1. The average Bonchev–Trinajstić information content (AvgIpc) is 3.47. The molecule has 5 rings (SSSR count). The molecule has 4 aromatic rings. The summed E-state index contributed by atoms with van der Waals surface area (Å²) >= 11 is 0. The Kier molecular flexibility index (Phi) is 4.01. The van der Waals surface area contributed by atoms with Crippen LogP contribution in [0.2, 0.25) is 0 Å². The Morgan fingerprint density at radius 2 is 2.14 bits per heavy atom. The fraction of sp³-hybridized carbons (Fsp3) is 0.333. The van der Waals surface area contributed by atoms with Crippen LogP contribution in [0.15, 0.2) is 30.5 Å². The van der Waals surface area contributed by atoms with Crippen LogP contribution in [0.25, 0.3) is 33.2 Å². The van der Waals surface area contributed by atoms with Crippen LogP contribution in [0.5, 0.6) is 0 Å². The maximum atomic E-state index is 12.3. The maximum Gasteiger partial charge on any atom is 0.225 e. The molecule has 1 fully saturated rings. The van der Waals surface area contributed by atoms with Crippen LogP contribution in [-0.4, -0.2) is 49.0 Å². The van der Waals surface area contributed by atoms with E-state index in [9.17, 15) is 4.79 Å². The highest BCUT2D eigenvalue weighted by molar-refractivity contribution is 6.07. The molecule has 1 aliphatic rings. The Bertz CT molecular complexity index is 1210. The summed E-state index contributed by atoms with van der Waals surface area (Å²) in [6.07, 6.45) is 2.62. The molecule has 0 spiro atoms. The van der Waals surface area contributed by atoms with Crippen molar-refractivity contribution < 1.29 is 4.79 Å². The minimum Gasteiger partial charge on any atom is -0.382 e. The van der Waals surface area contributed by atoms with Crippen molar-refractivity contribution in [2.24, 2.45) is 5.92 Å². The third-order valence-corrected chi connectivity index (χ3v) is 5.66. The predicted molar refractivity (Wildman–Crippen MR) is 112 cm³/mol. The van der Waals surface area contributed by atoms with E-state index >= 15 is 0 Å². The van der Waals surface area contributed by atoms with Crippen molar-refractivity contribution in [2.45, 2.75) is 26.2 Å². The molecular weight excluding hydrogens is 366 g/mol. The lowest BCUT2D eigenvalue weighted by Gasteiger charge is -2.18. The Balaban J connectivity index is 1.54. The number of aromatic nitrogens is 5. The van der Waals surface area contributed by atoms with Gasteiger partial charge < -0.3 is 15.6 Å². The Labute approximate surface area is 167 Å². The molecule has 8 nitrogen and oxygen atoms in total. The third kappa shape index (κ3) is 2.91. The van der Waals surface area contributed by atoms with Gasteiger partial charge in [0.1, 0.15) is 22.7 Å². The van der Waals surface area contributed by atoms with Gasteiger partial charge in [0.2, 0.25) is 5.91 Å². The summed E-state index contributed by atoms with van der Waals surface area (Å²) in [5, 5.41) is 7.93. The number of pyridine rings is 1. The number of fused-ring (bicyclic) bond motifs is 3. The first kappa shape index (κ1) is 17.7. The number of amides is 1. The number of carbonyl (C=O) groups is 1. The average molecular weight is 389 g/mol. The molecule has 4 N–H and O–H groups in total. The van der Waals surface area contributed by atoms with Gasteiger partial charge in [0.05, 0.1) is 11.2 Å². The smallest absolute Gasteiger partial charge is 0.225 e. The first-order valence-corrected chi connectivity index (χ1v) is 9.88. The summed E-state index contributed by atoms with van der Waals surface area (Å²) in [5.74, 6) is 1.70. The van der Waals surface area contributed by atoms with Gasteiger partial charge in [0, 0.05) is 42.1 Å². The van der Waals surface area contributed by atoms with Gasteiger partial charge >= 0.3 is 0 Å². The molecule has 8 heteroatoms. The van der Waals surface area contributed by atoms with E-state index in [0.29, 0.717) is 12.4 Å². The number of H-pyrrole nitrogens is 2. The summed E-state index contributed by atoms with van der Waals surface area (Å²) in [7, 11) is 0. The SMILES string of the molecule is CC(C)C(=O)N1CC[C@@H](c2nc3c([nH]2)c(N)nc2cc(-c4ccn[nH]4)ccc23)C1. The van der Waals surface area contributed by atoms with Crippen molar-refractivity contribution in [1.29, 1.82) is 0 Å². The lowest BCUT2D eigenvalue weighted by Crippen LogP contribution is -2.32. The van der Waals surface area contributed by atoms with Crippen LogP contribution in [0.1, 0.15) is 32.0 Å². The van der Waals surface area contributed by atoms with Crippen molar-refractivity contribution in [2.75, 3.05) is 18.8 Å². The molecule has 0 aliphatic carbocycles. The first-order valence-electron chi connectivity index (χ1n) is 9.88. The van der Waals surface area contributed by atoms with Crippen LogP contribution in [0.4, 0.5) is 5.82 Å². The number of nitrogens with zero attached hydrogens (tertiary/aromatic N) is 4. The number of benzene rings is 1. The summed E-state index contributed by atoms with van der Waals surface area (Å²) in [6.45, 7) is 5.33. The van der Waals surface area contributed by atoms with E-state index in [2.05, 4.69) is 20.2 Å². The highest BCUT2D eigenvalue weighted by Gasteiger charge is 2.30. The fourth-order valence-corrected chi connectivity index (χ4v) is 4.11. The second-order valence-corrected chi connectivity index (χ2v) is 7.97. The van der Waals surface area contributed by atoms with Gasteiger partial charge in [-0.25, -0.2) is 9.97 Å². The van der Waals surface area contributed by atoms with Crippen molar-refractivity contribution >= 4 is 33.7 Å². The number of likely N-dealkylation sites (tertiary alicyclic amines) is 1. The summed E-state index contributed by atoms with van der Waals surface area (Å²) < 4.78 is 0. The fourth-order valence-electron chi connectivity index (χ4n) is 4.11. The van der Waals surface area contributed by atoms with Crippen LogP contribution in [0.3, 0.4) is 0 Å². The predicted octanol–water partition coefficient (Wildman–Crippen LogP) is 3.06. The molecule has 1 aromatic carbocycles. The molecule has 0 bridgehead atoms. The van der Waals surface area contributed by atoms with Crippen LogP contribution in [-0.2, 0) is 4.79 Å². The van der Waals surface area contributed by atoms with Crippen LogP contribution >= 0.6 is 0 Å². The quantitative estimate of drug-likeness (QED) is 0.498. The number of hydrogen-bond donors (Lipinski definition) is 3. The van der Waals surface area contributed by atoms with E-state index in [1.165, 1.54) is 0 Å². The zero-order valence-corrected chi connectivity index (χ0v) is 16.4. The van der Waals surface area contributed by atoms with Crippen molar-refractivity contribution in [1.82, 2.24) is 30.0 Å². The standard InChI is InChI=1S/C21H23N7O/c1-11(2)21(29)28-8-6-13(10-28)20-25-17-14-4-3-12(15-5-7-23-27-15)9-16(14)24-19(22)18(17)26-20/h3-5,7,9,11,13H,6,8,10H2,1-2H3,(H2,22,24)(H,23,27)(H,25,26)/t13-/m1/s1. The molecule has 148 valence electrons. The Morgan fingerprint density at radius 1 is 1.28 bits per heavy atom. The largest absolute Gasteiger partial charge is 0.382 e. The van der Waals surface area contributed by atoms with E-state index < -0.39 is 0 Å². The monoisotopic (exact) mass is 389 g/mol. The number of imidazole rings is 1.